The van der Waals surface area contributed by atoms with Crippen LogP contribution in [0.25, 0.3) is 22.2 Å². The summed E-state index contributed by atoms with van der Waals surface area (Å²) in [7, 11) is 7.52. The standard InChI is InChI=1S/C27H28F2N8O2/c1-35(2)9-10-36(3)24-13-25(39-26(28)29)22(12-21(24)32-16-38)34-27-31-8-7-20(33-27)19-15-37(4)23-11-17(14-30)5-6-18(19)23/h5-8,11-13,15-16,26H,9-10H2,1-4H3,(H,32,38)(H,31,33,34). The van der Waals surface area contributed by atoms with Crippen LogP contribution in [0.1, 0.15) is 5.56 Å². The Morgan fingerprint density at radius 2 is 1.95 bits per heavy atom. The molecule has 2 aromatic heterocycles. The molecule has 202 valence electrons. The number of aryl methyl sites for hydroxylation is 1. The van der Waals surface area contributed by atoms with Crippen LogP contribution in [0.2, 0.25) is 0 Å². The molecule has 0 aliphatic heterocycles. The molecular weight excluding hydrogens is 506 g/mol. The van der Waals surface area contributed by atoms with E-state index < -0.39 is 6.61 Å². The van der Waals surface area contributed by atoms with Gasteiger partial charge in [-0.3, -0.25) is 4.79 Å². The van der Waals surface area contributed by atoms with E-state index in [4.69, 9.17) is 4.74 Å². The molecule has 0 aliphatic carbocycles. The Kier molecular flexibility index (Phi) is 8.21. The monoisotopic (exact) mass is 534 g/mol. The molecule has 4 aromatic rings. The van der Waals surface area contributed by atoms with Gasteiger partial charge in [-0.1, -0.05) is 6.07 Å². The Balaban J connectivity index is 1.73. The lowest BCUT2D eigenvalue weighted by atomic mass is 10.1. The number of nitrogens with one attached hydrogen (secondary N) is 2. The number of carbonyl (C=O) groups is 1. The number of carbonyl (C=O) groups excluding carboxylic acids is 1. The first kappa shape index (κ1) is 27.3. The molecule has 0 spiro atoms. The maximum Gasteiger partial charge on any atom is 0.387 e. The summed E-state index contributed by atoms with van der Waals surface area (Å²) in [6.07, 6.45) is 3.97. The maximum absolute atomic E-state index is 13.4. The third-order valence-electron chi connectivity index (χ3n) is 6.12. The van der Waals surface area contributed by atoms with Gasteiger partial charge in [0.1, 0.15) is 0 Å². The van der Waals surface area contributed by atoms with Crippen LogP contribution in [0.4, 0.5) is 31.8 Å². The molecule has 0 atom stereocenters. The number of halogens is 2. The number of rotatable bonds is 11. The number of benzene rings is 2. The Morgan fingerprint density at radius 3 is 2.64 bits per heavy atom. The lowest BCUT2D eigenvalue weighted by Gasteiger charge is -2.25. The smallest absolute Gasteiger partial charge is 0.387 e. The zero-order chi connectivity index (χ0) is 28.1. The van der Waals surface area contributed by atoms with Crippen LogP contribution >= 0.6 is 0 Å². The lowest BCUT2D eigenvalue weighted by Crippen LogP contribution is -2.29. The number of alkyl halides is 2. The van der Waals surface area contributed by atoms with Crippen molar-refractivity contribution >= 4 is 40.3 Å². The third kappa shape index (κ3) is 6.22. The van der Waals surface area contributed by atoms with Gasteiger partial charge in [0.05, 0.1) is 34.4 Å². The van der Waals surface area contributed by atoms with Crippen molar-refractivity contribution in [2.75, 3.05) is 49.8 Å². The summed E-state index contributed by atoms with van der Waals surface area (Å²) in [6.45, 7) is -1.79. The van der Waals surface area contributed by atoms with E-state index in [0.717, 1.165) is 16.5 Å². The summed E-state index contributed by atoms with van der Waals surface area (Å²) in [6, 6.07) is 12.2. The van der Waals surface area contributed by atoms with Gasteiger partial charge in [0.15, 0.2) is 5.75 Å². The fourth-order valence-electron chi connectivity index (χ4n) is 4.17. The molecule has 0 bridgehead atoms. The zero-order valence-corrected chi connectivity index (χ0v) is 21.9. The highest BCUT2D eigenvalue weighted by atomic mass is 19.3. The van der Waals surface area contributed by atoms with Crippen molar-refractivity contribution < 1.29 is 18.3 Å². The minimum Gasteiger partial charge on any atom is -0.433 e. The van der Waals surface area contributed by atoms with Gasteiger partial charge >= 0.3 is 6.61 Å². The van der Waals surface area contributed by atoms with E-state index in [2.05, 4.69) is 26.7 Å². The molecule has 12 heteroatoms. The number of ether oxygens (including phenoxy) is 1. The van der Waals surface area contributed by atoms with E-state index in [9.17, 15) is 18.8 Å². The third-order valence-corrected chi connectivity index (χ3v) is 6.12. The van der Waals surface area contributed by atoms with Crippen molar-refractivity contribution in [2.24, 2.45) is 7.05 Å². The Bertz CT molecular complexity index is 1530. The minimum atomic E-state index is -3.07. The highest BCUT2D eigenvalue weighted by molar-refractivity contribution is 5.96. The first-order valence-corrected chi connectivity index (χ1v) is 12.0. The predicted molar refractivity (Wildman–Crippen MR) is 147 cm³/mol. The van der Waals surface area contributed by atoms with E-state index in [1.807, 2.05) is 47.8 Å². The molecule has 1 amide bonds. The van der Waals surface area contributed by atoms with Crippen LogP contribution in [0.15, 0.2) is 48.8 Å². The molecule has 0 saturated heterocycles. The topological polar surface area (TPSA) is 111 Å². The van der Waals surface area contributed by atoms with Gasteiger partial charge in [0, 0.05) is 62.1 Å². The zero-order valence-electron chi connectivity index (χ0n) is 21.9. The normalized spacial score (nSPS) is 11.1. The number of nitrogens with zero attached hydrogens (tertiary/aromatic N) is 6. The van der Waals surface area contributed by atoms with Gasteiger partial charge in [-0.05, 0) is 38.4 Å². The van der Waals surface area contributed by atoms with Crippen molar-refractivity contribution in [2.45, 2.75) is 6.61 Å². The van der Waals surface area contributed by atoms with Crippen LogP contribution in [-0.2, 0) is 11.8 Å². The van der Waals surface area contributed by atoms with Gasteiger partial charge in [0.2, 0.25) is 12.4 Å². The van der Waals surface area contributed by atoms with E-state index in [-0.39, 0.29) is 17.4 Å². The SMILES string of the molecule is CN(C)CCN(C)c1cc(OC(F)F)c(Nc2nccc(-c3cn(C)c4cc(C#N)ccc34)n2)cc1NC=O. The number of hydrogen-bond donors (Lipinski definition) is 2. The highest BCUT2D eigenvalue weighted by Crippen LogP contribution is 2.39. The van der Waals surface area contributed by atoms with Gasteiger partial charge in [-0.2, -0.15) is 14.0 Å². The maximum atomic E-state index is 13.4. The number of aromatic nitrogens is 3. The van der Waals surface area contributed by atoms with E-state index in [0.29, 0.717) is 42.1 Å². The number of anilines is 4. The second-order valence-corrected chi connectivity index (χ2v) is 9.12. The summed E-state index contributed by atoms with van der Waals surface area (Å²) in [4.78, 5) is 24.0. The Hall–Kier alpha value is -4.76. The van der Waals surface area contributed by atoms with E-state index in [1.165, 1.54) is 12.1 Å². The van der Waals surface area contributed by atoms with Crippen molar-refractivity contribution in [1.82, 2.24) is 19.4 Å². The molecule has 10 nitrogen and oxygen atoms in total. The quantitative estimate of drug-likeness (QED) is 0.272. The summed E-state index contributed by atoms with van der Waals surface area (Å²) < 4.78 is 33.5. The molecule has 0 fully saturated rings. The van der Waals surface area contributed by atoms with Crippen LogP contribution < -0.4 is 20.3 Å². The molecule has 4 rings (SSSR count). The van der Waals surface area contributed by atoms with Crippen molar-refractivity contribution in [3.05, 3.63) is 54.4 Å². The molecule has 39 heavy (non-hydrogen) atoms. The average Bonchev–Trinajstić information content (AvgIpc) is 3.24. The number of fused-ring (bicyclic) bond motifs is 1. The van der Waals surface area contributed by atoms with Crippen molar-refractivity contribution in [3.8, 4) is 23.1 Å². The molecule has 2 aromatic carbocycles. The number of nitriles is 1. The fourth-order valence-corrected chi connectivity index (χ4v) is 4.17. The highest BCUT2D eigenvalue weighted by Gasteiger charge is 2.19. The van der Waals surface area contributed by atoms with Gasteiger partial charge in [-0.15, -0.1) is 0 Å². The molecule has 2 N–H and O–H groups in total. The second-order valence-electron chi connectivity index (χ2n) is 9.12. The molecule has 2 heterocycles. The first-order valence-electron chi connectivity index (χ1n) is 12.0. The first-order chi connectivity index (χ1) is 18.7. The second kappa shape index (κ2) is 11.7. The van der Waals surface area contributed by atoms with Gasteiger partial charge < -0.3 is 29.7 Å². The van der Waals surface area contributed by atoms with Gasteiger partial charge in [0.25, 0.3) is 0 Å². The number of likely N-dealkylation sites (N-methyl/N-ethyl adjacent to an activating group) is 2. The summed E-state index contributed by atoms with van der Waals surface area (Å²) in [5.41, 5.74) is 3.86. The van der Waals surface area contributed by atoms with Crippen LogP contribution in [0.5, 0.6) is 5.75 Å². The molecular formula is C27H28F2N8O2. The van der Waals surface area contributed by atoms with E-state index in [1.54, 1.807) is 31.4 Å². The van der Waals surface area contributed by atoms with Crippen LogP contribution in [0, 0.1) is 11.3 Å². The van der Waals surface area contributed by atoms with Crippen molar-refractivity contribution in [3.63, 3.8) is 0 Å². The van der Waals surface area contributed by atoms with Gasteiger partial charge in [-0.25, -0.2) is 9.97 Å². The predicted octanol–water partition coefficient (Wildman–Crippen LogP) is 4.42. The molecule has 0 saturated carbocycles. The average molecular weight is 535 g/mol. The van der Waals surface area contributed by atoms with Crippen LogP contribution in [-0.4, -0.2) is 66.7 Å². The molecule has 0 aliphatic rings. The molecule has 0 unspecified atom stereocenters. The fraction of sp³-hybridized carbons (Fsp3) is 0.259. The lowest BCUT2D eigenvalue weighted by molar-refractivity contribution is -0.105. The largest absolute Gasteiger partial charge is 0.433 e. The van der Waals surface area contributed by atoms with Crippen molar-refractivity contribution in [1.29, 1.82) is 5.26 Å². The number of hydrogen-bond acceptors (Lipinski definition) is 8. The Labute approximate surface area is 224 Å². The minimum absolute atomic E-state index is 0.128. The molecule has 0 radical (unpaired) electrons. The van der Waals surface area contributed by atoms with E-state index >= 15 is 0 Å². The number of amides is 1. The summed E-state index contributed by atoms with van der Waals surface area (Å²) >= 11 is 0. The summed E-state index contributed by atoms with van der Waals surface area (Å²) in [5.74, 6) is 0.0133. The summed E-state index contributed by atoms with van der Waals surface area (Å²) in [5, 5.41) is 15.7. The Morgan fingerprint density at radius 1 is 1.15 bits per heavy atom. The van der Waals surface area contributed by atoms with Crippen LogP contribution in [0.3, 0.4) is 0 Å².